The van der Waals surface area contributed by atoms with Gasteiger partial charge in [-0.1, -0.05) is 38.7 Å². The molecule has 1 aromatic carbocycles. The zero-order valence-corrected chi connectivity index (χ0v) is 15.6. The van der Waals surface area contributed by atoms with Gasteiger partial charge in [-0.2, -0.15) is 0 Å². The minimum absolute atomic E-state index is 0.0288. The number of amides is 1. The Labute approximate surface area is 150 Å². The van der Waals surface area contributed by atoms with Crippen LogP contribution in [0.4, 0.5) is 5.69 Å². The second-order valence-electron chi connectivity index (χ2n) is 6.69. The summed E-state index contributed by atoms with van der Waals surface area (Å²) in [7, 11) is -3.61. The third kappa shape index (κ3) is 5.80. The average molecular weight is 368 g/mol. The summed E-state index contributed by atoms with van der Waals surface area (Å²) in [5, 5.41) is 2.88. The quantitative estimate of drug-likeness (QED) is 0.624. The zero-order valence-electron chi connectivity index (χ0n) is 14.8. The van der Waals surface area contributed by atoms with Crippen LogP contribution in [0, 0.1) is 11.8 Å². The largest absolute Gasteiger partial charge is 0.329 e. The molecular weight excluding hydrogens is 338 g/mol. The van der Waals surface area contributed by atoms with E-state index in [1.54, 1.807) is 12.1 Å². The molecule has 1 amide bonds. The van der Waals surface area contributed by atoms with Crippen molar-refractivity contribution in [2.75, 3.05) is 18.4 Å². The molecule has 2 rings (SSSR count). The van der Waals surface area contributed by atoms with Crippen LogP contribution in [0.5, 0.6) is 0 Å². The van der Waals surface area contributed by atoms with E-state index < -0.39 is 10.0 Å². The van der Waals surface area contributed by atoms with Crippen molar-refractivity contribution in [2.45, 2.75) is 50.3 Å². The average Bonchev–Trinajstić information content (AvgIpc) is 3.11. The molecule has 0 heterocycles. The molecule has 140 valence electrons. The number of benzene rings is 1. The van der Waals surface area contributed by atoms with Gasteiger partial charge >= 0.3 is 0 Å². The standard InChI is InChI=1S/C18H29N3O3S/c1-2-15(12-14-6-3-4-7-14)18(22)21-16-8-5-9-17(13-16)25(23,24)20-11-10-19/h5,8-9,13-15,20H,2-4,6-7,10-12,19H2,1H3,(H,21,22). The van der Waals surface area contributed by atoms with Gasteiger partial charge in [-0.15, -0.1) is 0 Å². The normalized spacial score (nSPS) is 16.7. The summed E-state index contributed by atoms with van der Waals surface area (Å²) in [6, 6.07) is 6.33. The maximum Gasteiger partial charge on any atom is 0.240 e. The number of carbonyl (C=O) groups is 1. The molecule has 0 spiro atoms. The van der Waals surface area contributed by atoms with E-state index in [-0.39, 0.29) is 29.8 Å². The van der Waals surface area contributed by atoms with Crippen molar-refractivity contribution in [2.24, 2.45) is 17.6 Å². The Kier molecular flexibility index (Phi) is 7.40. The lowest BCUT2D eigenvalue weighted by atomic mass is 9.91. The highest BCUT2D eigenvalue weighted by molar-refractivity contribution is 7.89. The maximum atomic E-state index is 12.6. The van der Waals surface area contributed by atoms with Crippen LogP contribution < -0.4 is 15.8 Å². The van der Waals surface area contributed by atoms with Crippen LogP contribution in [0.2, 0.25) is 0 Å². The minimum atomic E-state index is -3.61. The minimum Gasteiger partial charge on any atom is -0.329 e. The lowest BCUT2D eigenvalue weighted by Crippen LogP contribution is -2.29. The van der Waals surface area contributed by atoms with Gasteiger partial charge < -0.3 is 11.1 Å². The summed E-state index contributed by atoms with van der Waals surface area (Å²) in [6.07, 6.45) is 6.66. The second-order valence-corrected chi connectivity index (χ2v) is 8.46. The highest BCUT2D eigenvalue weighted by Crippen LogP contribution is 2.31. The number of hydrogen-bond donors (Lipinski definition) is 3. The van der Waals surface area contributed by atoms with Gasteiger partial charge in [0.05, 0.1) is 4.90 Å². The summed E-state index contributed by atoms with van der Waals surface area (Å²) in [4.78, 5) is 12.7. The molecule has 0 aromatic heterocycles. The van der Waals surface area contributed by atoms with Crippen molar-refractivity contribution in [1.29, 1.82) is 0 Å². The molecule has 4 N–H and O–H groups in total. The first-order chi connectivity index (χ1) is 12.0. The maximum absolute atomic E-state index is 12.6. The molecule has 1 aromatic rings. The van der Waals surface area contributed by atoms with Crippen molar-refractivity contribution >= 4 is 21.6 Å². The number of sulfonamides is 1. The first kappa shape index (κ1) is 19.9. The molecule has 25 heavy (non-hydrogen) atoms. The van der Waals surface area contributed by atoms with E-state index in [2.05, 4.69) is 10.0 Å². The smallest absolute Gasteiger partial charge is 0.240 e. The van der Waals surface area contributed by atoms with Crippen molar-refractivity contribution in [3.63, 3.8) is 0 Å². The van der Waals surface area contributed by atoms with E-state index in [1.165, 1.54) is 37.8 Å². The van der Waals surface area contributed by atoms with Crippen LogP contribution in [0.25, 0.3) is 0 Å². The number of nitrogens with one attached hydrogen (secondary N) is 2. The Hall–Kier alpha value is -1.44. The lowest BCUT2D eigenvalue weighted by Gasteiger charge is -2.19. The van der Waals surface area contributed by atoms with Crippen molar-refractivity contribution in [3.05, 3.63) is 24.3 Å². The summed E-state index contributed by atoms with van der Waals surface area (Å²) < 4.78 is 26.8. The molecule has 1 fully saturated rings. The Bertz CT molecular complexity index is 670. The van der Waals surface area contributed by atoms with Gasteiger partial charge in [0.25, 0.3) is 0 Å². The molecule has 1 atom stereocenters. The van der Waals surface area contributed by atoms with Crippen LogP contribution in [0.1, 0.15) is 45.4 Å². The first-order valence-electron chi connectivity index (χ1n) is 9.07. The molecule has 1 saturated carbocycles. The molecule has 6 nitrogen and oxygen atoms in total. The van der Waals surface area contributed by atoms with Gasteiger partial charge in [0.2, 0.25) is 15.9 Å². The molecule has 1 aliphatic carbocycles. The predicted octanol–water partition coefficient (Wildman–Crippen LogP) is 2.47. The topological polar surface area (TPSA) is 101 Å². The Morgan fingerprint density at radius 3 is 2.68 bits per heavy atom. The van der Waals surface area contributed by atoms with E-state index in [1.807, 2.05) is 6.92 Å². The molecule has 7 heteroatoms. The highest BCUT2D eigenvalue weighted by Gasteiger charge is 2.24. The third-order valence-electron chi connectivity index (χ3n) is 4.80. The van der Waals surface area contributed by atoms with Gasteiger partial charge in [-0.3, -0.25) is 4.79 Å². The van der Waals surface area contributed by atoms with Crippen molar-refractivity contribution < 1.29 is 13.2 Å². The predicted molar refractivity (Wildman–Crippen MR) is 99.7 cm³/mol. The monoisotopic (exact) mass is 367 g/mol. The van der Waals surface area contributed by atoms with Crippen molar-refractivity contribution in [3.8, 4) is 0 Å². The summed E-state index contributed by atoms with van der Waals surface area (Å²) >= 11 is 0. The summed E-state index contributed by atoms with van der Waals surface area (Å²) in [6.45, 7) is 2.43. The van der Waals surface area contributed by atoms with Crippen molar-refractivity contribution in [1.82, 2.24) is 4.72 Å². The molecule has 0 aliphatic heterocycles. The zero-order chi connectivity index (χ0) is 18.3. The van der Waals surface area contributed by atoms with Gasteiger partial charge in [0.1, 0.15) is 0 Å². The fourth-order valence-corrected chi connectivity index (χ4v) is 4.46. The molecule has 0 bridgehead atoms. The van der Waals surface area contributed by atoms with E-state index in [0.29, 0.717) is 11.6 Å². The van der Waals surface area contributed by atoms with E-state index >= 15 is 0 Å². The van der Waals surface area contributed by atoms with E-state index in [4.69, 9.17) is 5.73 Å². The Balaban J connectivity index is 2.03. The third-order valence-corrected chi connectivity index (χ3v) is 6.26. The summed E-state index contributed by atoms with van der Waals surface area (Å²) in [5.74, 6) is 0.584. The Morgan fingerprint density at radius 1 is 1.32 bits per heavy atom. The second kappa shape index (κ2) is 9.31. The van der Waals surface area contributed by atoms with Gasteiger partial charge in [0.15, 0.2) is 0 Å². The number of hydrogen-bond acceptors (Lipinski definition) is 4. The molecule has 1 aliphatic rings. The molecular formula is C18H29N3O3S. The van der Waals surface area contributed by atoms with Crippen LogP contribution >= 0.6 is 0 Å². The first-order valence-corrected chi connectivity index (χ1v) is 10.5. The fourth-order valence-electron chi connectivity index (χ4n) is 3.37. The number of anilines is 1. The SMILES string of the molecule is CCC(CC1CCCC1)C(=O)Nc1cccc(S(=O)(=O)NCCN)c1. The molecule has 1 unspecified atom stereocenters. The van der Waals surface area contributed by atoms with Crippen LogP contribution in [-0.4, -0.2) is 27.4 Å². The van der Waals surface area contributed by atoms with Gasteiger partial charge in [-0.25, -0.2) is 13.1 Å². The van der Waals surface area contributed by atoms with Gasteiger partial charge in [0, 0.05) is 24.7 Å². The van der Waals surface area contributed by atoms with E-state index in [9.17, 15) is 13.2 Å². The number of nitrogens with two attached hydrogens (primary N) is 1. The summed E-state index contributed by atoms with van der Waals surface area (Å²) in [5.41, 5.74) is 5.85. The fraction of sp³-hybridized carbons (Fsp3) is 0.611. The number of carbonyl (C=O) groups excluding carboxylic acids is 1. The van der Waals surface area contributed by atoms with Gasteiger partial charge in [-0.05, 0) is 37.0 Å². The van der Waals surface area contributed by atoms with Crippen LogP contribution in [0.15, 0.2) is 29.2 Å². The molecule has 0 radical (unpaired) electrons. The van der Waals surface area contributed by atoms with Crippen LogP contribution in [0.3, 0.4) is 0 Å². The Morgan fingerprint density at radius 2 is 2.04 bits per heavy atom. The molecule has 0 saturated heterocycles. The lowest BCUT2D eigenvalue weighted by molar-refractivity contribution is -0.120. The van der Waals surface area contributed by atoms with E-state index in [0.717, 1.165) is 12.8 Å². The highest BCUT2D eigenvalue weighted by atomic mass is 32.2. The number of rotatable bonds is 9. The van der Waals surface area contributed by atoms with Crippen LogP contribution in [-0.2, 0) is 14.8 Å².